The first-order valence-corrected chi connectivity index (χ1v) is 6.33. The van der Waals surface area contributed by atoms with Crippen molar-refractivity contribution in [2.75, 3.05) is 26.2 Å². The van der Waals surface area contributed by atoms with Gasteiger partial charge in [0, 0.05) is 25.0 Å². The molecule has 1 aromatic rings. The van der Waals surface area contributed by atoms with Crippen LogP contribution < -0.4 is 5.32 Å². The van der Waals surface area contributed by atoms with Gasteiger partial charge in [-0.05, 0) is 45.3 Å². The van der Waals surface area contributed by atoms with Crippen LogP contribution in [0.5, 0.6) is 0 Å². The van der Waals surface area contributed by atoms with E-state index in [-0.39, 0.29) is 5.91 Å². The second-order valence-corrected chi connectivity index (χ2v) is 4.78. The molecule has 0 spiro atoms. The quantitative estimate of drug-likeness (QED) is 0.830. The van der Waals surface area contributed by atoms with E-state index in [1.165, 1.54) is 25.9 Å². The molecule has 2 N–H and O–H groups in total. The number of amides is 1. The second kappa shape index (κ2) is 5.36. The zero-order valence-electron chi connectivity index (χ0n) is 10.7. The lowest BCUT2D eigenvalue weighted by molar-refractivity contribution is 0.0949. The Morgan fingerprint density at radius 2 is 2.12 bits per heavy atom. The highest BCUT2D eigenvalue weighted by molar-refractivity contribution is 5.96. The van der Waals surface area contributed by atoms with Gasteiger partial charge in [0.05, 0.1) is 5.56 Å². The van der Waals surface area contributed by atoms with Gasteiger partial charge in [0.2, 0.25) is 0 Å². The lowest BCUT2D eigenvalue weighted by Crippen LogP contribution is -2.33. The zero-order chi connectivity index (χ0) is 12.3. The maximum Gasteiger partial charge on any atom is 0.253 e. The van der Waals surface area contributed by atoms with Crippen molar-refractivity contribution < 1.29 is 4.79 Å². The van der Waals surface area contributed by atoms with E-state index in [9.17, 15) is 4.79 Å². The van der Waals surface area contributed by atoms with E-state index in [4.69, 9.17) is 0 Å². The van der Waals surface area contributed by atoms with Gasteiger partial charge < -0.3 is 15.2 Å². The van der Waals surface area contributed by atoms with Crippen LogP contribution in [-0.4, -0.2) is 42.0 Å². The number of carbonyl (C=O) groups is 1. The lowest BCUT2D eigenvalue weighted by atomic mass is 10.1. The summed E-state index contributed by atoms with van der Waals surface area (Å²) in [6, 6.07) is 0. The minimum atomic E-state index is 0.0421. The molecule has 1 fully saturated rings. The molecule has 1 aromatic heterocycles. The molecular weight excluding hydrogens is 214 g/mol. The second-order valence-electron chi connectivity index (χ2n) is 4.78. The van der Waals surface area contributed by atoms with E-state index in [1.54, 1.807) is 0 Å². The Hall–Kier alpha value is -1.29. The van der Waals surface area contributed by atoms with Gasteiger partial charge in [-0.2, -0.15) is 0 Å². The highest BCUT2D eigenvalue weighted by Crippen LogP contribution is 2.11. The average Bonchev–Trinajstić information content (AvgIpc) is 2.89. The van der Waals surface area contributed by atoms with Crippen LogP contribution in [0, 0.1) is 13.8 Å². The standard InChI is InChI=1S/C13H21N3O/c1-10-9-15-11(2)12(10)13(17)14-5-8-16-6-3-4-7-16/h9,15H,3-8H2,1-2H3,(H,14,17). The van der Waals surface area contributed by atoms with Crippen LogP contribution in [0.3, 0.4) is 0 Å². The van der Waals surface area contributed by atoms with Crippen molar-refractivity contribution in [1.82, 2.24) is 15.2 Å². The van der Waals surface area contributed by atoms with Crippen LogP contribution in [-0.2, 0) is 0 Å². The molecule has 94 valence electrons. The third-order valence-corrected chi connectivity index (χ3v) is 3.41. The Morgan fingerprint density at radius 1 is 1.41 bits per heavy atom. The van der Waals surface area contributed by atoms with Crippen molar-refractivity contribution in [3.05, 3.63) is 23.0 Å². The van der Waals surface area contributed by atoms with Crippen LogP contribution in [0.1, 0.15) is 34.5 Å². The monoisotopic (exact) mass is 235 g/mol. The zero-order valence-corrected chi connectivity index (χ0v) is 10.7. The van der Waals surface area contributed by atoms with Crippen molar-refractivity contribution in [3.63, 3.8) is 0 Å². The third-order valence-electron chi connectivity index (χ3n) is 3.41. The largest absolute Gasteiger partial charge is 0.364 e. The summed E-state index contributed by atoms with van der Waals surface area (Å²) >= 11 is 0. The van der Waals surface area contributed by atoms with E-state index in [1.807, 2.05) is 20.0 Å². The average molecular weight is 235 g/mol. The first-order chi connectivity index (χ1) is 8.18. The molecule has 0 aliphatic carbocycles. The van der Waals surface area contributed by atoms with E-state index in [0.717, 1.165) is 29.9 Å². The number of nitrogens with zero attached hydrogens (tertiary/aromatic N) is 1. The molecule has 4 nitrogen and oxygen atoms in total. The maximum absolute atomic E-state index is 12.0. The molecule has 1 saturated heterocycles. The molecule has 2 rings (SSSR count). The Kier molecular flexibility index (Phi) is 3.84. The molecular formula is C13H21N3O. The van der Waals surface area contributed by atoms with Gasteiger partial charge in [-0.3, -0.25) is 4.79 Å². The van der Waals surface area contributed by atoms with Gasteiger partial charge in [0.1, 0.15) is 0 Å². The molecule has 1 aliphatic rings. The first-order valence-electron chi connectivity index (χ1n) is 6.33. The minimum absolute atomic E-state index is 0.0421. The van der Waals surface area contributed by atoms with E-state index >= 15 is 0 Å². The number of aromatic nitrogens is 1. The Morgan fingerprint density at radius 3 is 2.71 bits per heavy atom. The van der Waals surface area contributed by atoms with E-state index in [0.29, 0.717) is 0 Å². The number of carbonyl (C=O) groups excluding carboxylic acids is 1. The number of rotatable bonds is 4. The first kappa shape index (κ1) is 12.2. The van der Waals surface area contributed by atoms with Crippen molar-refractivity contribution >= 4 is 5.91 Å². The van der Waals surface area contributed by atoms with Crippen molar-refractivity contribution in [2.45, 2.75) is 26.7 Å². The highest BCUT2D eigenvalue weighted by atomic mass is 16.1. The minimum Gasteiger partial charge on any atom is -0.364 e. The summed E-state index contributed by atoms with van der Waals surface area (Å²) in [5.74, 6) is 0.0421. The Balaban J connectivity index is 1.81. The molecule has 0 radical (unpaired) electrons. The van der Waals surface area contributed by atoms with Gasteiger partial charge in [0.25, 0.3) is 5.91 Å². The summed E-state index contributed by atoms with van der Waals surface area (Å²) in [5.41, 5.74) is 2.76. The molecule has 0 saturated carbocycles. The molecule has 4 heteroatoms. The summed E-state index contributed by atoms with van der Waals surface area (Å²) in [6.07, 6.45) is 4.47. The van der Waals surface area contributed by atoms with Crippen LogP contribution in [0.4, 0.5) is 0 Å². The number of likely N-dealkylation sites (tertiary alicyclic amines) is 1. The predicted molar refractivity (Wildman–Crippen MR) is 68.3 cm³/mol. The number of hydrogen-bond donors (Lipinski definition) is 2. The highest BCUT2D eigenvalue weighted by Gasteiger charge is 2.14. The fourth-order valence-corrected chi connectivity index (χ4v) is 2.43. The lowest BCUT2D eigenvalue weighted by Gasteiger charge is -2.14. The summed E-state index contributed by atoms with van der Waals surface area (Å²) in [7, 11) is 0. The van der Waals surface area contributed by atoms with E-state index < -0.39 is 0 Å². The third kappa shape index (κ3) is 2.88. The number of aryl methyl sites for hydroxylation is 2. The summed E-state index contributed by atoms with van der Waals surface area (Å²) in [6.45, 7) is 7.95. The van der Waals surface area contributed by atoms with Crippen molar-refractivity contribution in [2.24, 2.45) is 0 Å². The number of nitrogens with one attached hydrogen (secondary N) is 2. The number of aromatic amines is 1. The predicted octanol–water partition coefficient (Wildman–Crippen LogP) is 1.46. The van der Waals surface area contributed by atoms with Crippen LogP contribution >= 0.6 is 0 Å². The fourth-order valence-electron chi connectivity index (χ4n) is 2.43. The topological polar surface area (TPSA) is 48.1 Å². The van der Waals surface area contributed by atoms with Gasteiger partial charge >= 0.3 is 0 Å². The Labute approximate surface area is 102 Å². The number of hydrogen-bond acceptors (Lipinski definition) is 2. The summed E-state index contributed by atoms with van der Waals surface area (Å²) < 4.78 is 0. The molecule has 2 heterocycles. The Bertz CT molecular complexity index is 372. The molecule has 0 bridgehead atoms. The summed E-state index contributed by atoms with van der Waals surface area (Å²) in [5, 5.41) is 2.99. The number of H-pyrrole nitrogens is 1. The van der Waals surface area contributed by atoms with Crippen LogP contribution in [0.15, 0.2) is 6.20 Å². The normalized spacial score (nSPS) is 16.4. The SMILES string of the molecule is Cc1c[nH]c(C)c1C(=O)NCCN1CCCC1. The summed E-state index contributed by atoms with van der Waals surface area (Å²) in [4.78, 5) is 17.4. The van der Waals surface area contributed by atoms with Crippen molar-refractivity contribution in [3.8, 4) is 0 Å². The van der Waals surface area contributed by atoms with E-state index in [2.05, 4.69) is 15.2 Å². The molecule has 0 aromatic carbocycles. The molecule has 1 aliphatic heterocycles. The molecule has 0 atom stereocenters. The molecule has 1 amide bonds. The van der Waals surface area contributed by atoms with Crippen LogP contribution in [0.2, 0.25) is 0 Å². The van der Waals surface area contributed by atoms with Gasteiger partial charge in [0.15, 0.2) is 0 Å². The van der Waals surface area contributed by atoms with Crippen LogP contribution in [0.25, 0.3) is 0 Å². The van der Waals surface area contributed by atoms with Gasteiger partial charge in [-0.1, -0.05) is 0 Å². The molecule has 0 unspecified atom stereocenters. The smallest absolute Gasteiger partial charge is 0.253 e. The van der Waals surface area contributed by atoms with Gasteiger partial charge in [-0.15, -0.1) is 0 Å². The van der Waals surface area contributed by atoms with Gasteiger partial charge in [-0.25, -0.2) is 0 Å². The maximum atomic E-state index is 12.0. The van der Waals surface area contributed by atoms with Crippen molar-refractivity contribution in [1.29, 1.82) is 0 Å². The molecule has 17 heavy (non-hydrogen) atoms. The fraction of sp³-hybridized carbons (Fsp3) is 0.615.